The molecular formula is C11H18BrN3O. The van der Waals surface area contributed by atoms with Crippen LogP contribution in [-0.2, 0) is 11.3 Å². The van der Waals surface area contributed by atoms with Crippen molar-refractivity contribution in [2.24, 2.45) is 5.92 Å². The number of aromatic nitrogens is 2. The highest BCUT2D eigenvalue weighted by atomic mass is 79.9. The van der Waals surface area contributed by atoms with Gasteiger partial charge in [-0.15, -0.1) is 0 Å². The Morgan fingerprint density at radius 1 is 1.50 bits per heavy atom. The summed E-state index contributed by atoms with van der Waals surface area (Å²) in [4.78, 5) is 11.6. The number of hydrogen-bond donors (Lipinski definition) is 1. The summed E-state index contributed by atoms with van der Waals surface area (Å²) in [5, 5.41) is 7.05. The van der Waals surface area contributed by atoms with Crippen molar-refractivity contribution in [3.05, 3.63) is 18.5 Å². The molecule has 2 atom stereocenters. The third-order valence-corrected chi connectivity index (χ3v) is 3.72. The summed E-state index contributed by atoms with van der Waals surface area (Å²) in [5.41, 5.74) is 0. The molecule has 1 aromatic heterocycles. The zero-order chi connectivity index (χ0) is 12.1. The van der Waals surface area contributed by atoms with E-state index in [1.54, 1.807) is 6.20 Å². The summed E-state index contributed by atoms with van der Waals surface area (Å²) < 4.78 is 1.81. The van der Waals surface area contributed by atoms with Crippen molar-refractivity contribution in [2.75, 3.05) is 0 Å². The molecule has 16 heavy (non-hydrogen) atoms. The molecule has 1 heterocycles. The van der Waals surface area contributed by atoms with Crippen LogP contribution in [-0.4, -0.2) is 26.6 Å². The molecular weight excluding hydrogens is 270 g/mol. The number of nitrogens with zero attached hydrogens (tertiary/aromatic N) is 2. The van der Waals surface area contributed by atoms with Gasteiger partial charge < -0.3 is 5.32 Å². The van der Waals surface area contributed by atoms with Gasteiger partial charge in [0.1, 0.15) is 0 Å². The molecule has 1 aromatic rings. The van der Waals surface area contributed by atoms with Gasteiger partial charge >= 0.3 is 0 Å². The molecule has 1 amide bonds. The Balaban J connectivity index is 2.39. The molecule has 0 spiro atoms. The topological polar surface area (TPSA) is 46.9 Å². The van der Waals surface area contributed by atoms with E-state index in [1.165, 1.54) is 0 Å². The number of carbonyl (C=O) groups is 1. The minimum atomic E-state index is -0.132. The van der Waals surface area contributed by atoms with Crippen molar-refractivity contribution in [1.29, 1.82) is 0 Å². The molecule has 4 nitrogen and oxygen atoms in total. The van der Waals surface area contributed by atoms with Gasteiger partial charge in [0.05, 0.1) is 11.4 Å². The highest BCUT2D eigenvalue weighted by Crippen LogP contribution is 2.11. The second-order valence-corrected chi connectivity index (χ2v) is 5.27. The van der Waals surface area contributed by atoms with Crippen LogP contribution < -0.4 is 5.32 Å². The zero-order valence-electron chi connectivity index (χ0n) is 9.85. The van der Waals surface area contributed by atoms with Crippen LogP contribution in [0.5, 0.6) is 0 Å². The van der Waals surface area contributed by atoms with E-state index < -0.39 is 0 Å². The number of hydrogen-bond acceptors (Lipinski definition) is 2. The predicted octanol–water partition coefficient (Wildman–Crippen LogP) is 1.81. The fourth-order valence-corrected chi connectivity index (χ4v) is 1.49. The Morgan fingerprint density at radius 3 is 2.69 bits per heavy atom. The number of alkyl halides is 1. The van der Waals surface area contributed by atoms with Gasteiger partial charge in [-0.3, -0.25) is 9.48 Å². The van der Waals surface area contributed by atoms with Crippen LogP contribution in [0.15, 0.2) is 18.5 Å². The standard InChI is InChI=1S/C11H18BrN3O/c1-8(2)10(12)11(16)14-9(3)7-15-6-4-5-13-15/h4-6,8-10H,7H2,1-3H3,(H,14,16). The molecule has 90 valence electrons. The van der Waals surface area contributed by atoms with Gasteiger partial charge in [0.2, 0.25) is 5.91 Å². The first kappa shape index (κ1) is 13.2. The molecule has 5 heteroatoms. The van der Waals surface area contributed by atoms with Crippen molar-refractivity contribution < 1.29 is 4.79 Å². The third kappa shape index (κ3) is 3.96. The minimum absolute atomic E-state index is 0.0367. The first-order valence-corrected chi connectivity index (χ1v) is 6.34. The van der Waals surface area contributed by atoms with E-state index >= 15 is 0 Å². The Labute approximate surface area is 105 Å². The minimum Gasteiger partial charge on any atom is -0.351 e. The molecule has 0 aliphatic heterocycles. The van der Waals surface area contributed by atoms with E-state index in [2.05, 4.69) is 26.3 Å². The van der Waals surface area contributed by atoms with E-state index in [1.807, 2.05) is 37.7 Å². The van der Waals surface area contributed by atoms with Gasteiger partial charge in [-0.05, 0) is 18.9 Å². The normalized spacial score (nSPS) is 14.8. The molecule has 0 aliphatic carbocycles. The average molecular weight is 288 g/mol. The molecule has 1 N–H and O–H groups in total. The Kier molecular flexibility index (Phi) is 4.99. The fraction of sp³-hybridized carbons (Fsp3) is 0.636. The van der Waals surface area contributed by atoms with Crippen LogP contribution in [0.3, 0.4) is 0 Å². The van der Waals surface area contributed by atoms with E-state index in [9.17, 15) is 4.79 Å². The summed E-state index contributed by atoms with van der Waals surface area (Å²) in [6.07, 6.45) is 3.62. The largest absolute Gasteiger partial charge is 0.351 e. The fourth-order valence-electron chi connectivity index (χ4n) is 1.36. The van der Waals surface area contributed by atoms with Gasteiger partial charge in [-0.25, -0.2) is 0 Å². The van der Waals surface area contributed by atoms with Gasteiger partial charge in [0.15, 0.2) is 0 Å². The molecule has 0 saturated carbocycles. The first-order valence-electron chi connectivity index (χ1n) is 5.42. The lowest BCUT2D eigenvalue weighted by molar-refractivity contribution is -0.121. The highest BCUT2D eigenvalue weighted by Gasteiger charge is 2.19. The second kappa shape index (κ2) is 6.03. The molecule has 0 saturated heterocycles. The average Bonchev–Trinajstić information content (AvgIpc) is 2.68. The number of rotatable bonds is 5. The smallest absolute Gasteiger partial charge is 0.234 e. The molecule has 2 unspecified atom stereocenters. The molecule has 0 radical (unpaired) electrons. The maximum Gasteiger partial charge on any atom is 0.234 e. The number of amides is 1. The Morgan fingerprint density at radius 2 is 2.19 bits per heavy atom. The molecule has 1 rings (SSSR count). The molecule has 0 bridgehead atoms. The van der Waals surface area contributed by atoms with Crippen LogP contribution in [0.4, 0.5) is 0 Å². The van der Waals surface area contributed by atoms with Crippen molar-refractivity contribution in [3.8, 4) is 0 Å². The van der Waals surface area contributed by atoms with Crippen LogP contribution in [0.2, 0.25) is 0 Å². The van der Waals surface area contributed by atoms with E-state index in [0.717, 1.165) is 0 Å². The summed E-state index contributed by atoms with van der Waals surface area (Å²) in [5.74, 6) is 0.326. The van der Waals surface area contributed by atoms with Gasteiger partial charge in [-0.2, -0.15) is 5.10 Å². The maximum absolute atomic E-state index is 11.7. The number of halogens is 1. The van der Waals surface area contributed by atoms with Crippen LogP contribution in [0.25, 0.3) is 0 Å². The van der Waals surface area contributed by atoms with Crippen molar-refractivity contribution in [1.82, 2.24) is 15.1 Å². The predicted molar refractivity (Wildman–Crippen MR) is 67.4 cm³/mol. The zero-order valence-corrected chi connectivity index (χ0v) is 11.4. The van der Waals surface area contributed by atoms with Crippen molar-refractivity contribution >= 4 is 21.8 Å². The van der Waals surface area contributed by atoms with Crippen LogP contribution in [0, 0.1) is 5.92 Å². The quantitative estimate of drug-likeness (QED) is 0.840. The Hall–Kier alpha value is -0.840. The summed E-state index contributed by atoms with van der Waals surface area (Å²) in [7, 11) is 0. The lowest BCUT2D eigenvalue weighted by atomic mass is 10.1. The molecule has 0 aromatic carbocycles. The summed E-state index contributed by atoms with van der Waals surface area (Å²) in [6.45, 7) is 6.69. The second-order valence-electron chi connectivity index (χ2n) is 4.28. The SMILES string of the molecule is CC(Cn1cccn1)NC(=O)C(Br)C(C)C. The van der Waals surface area contributed by atoms with Gasteiger partial charge in [0, 0.05) is 18.4 Å². The monoisotopic (exact) mass is 287 g/mol. The van der Waals surface area contributed by atoms with Crippen LogP contribution in [0.1, 0.15) is 20.8 Å². The van der Waals surface area contributed by atoms with E-state index in [0.29, 0.717) is 6.54 Å². The van der Waals surface area contributed by atoms with E-state index in [-0.39, 0.29) is 22.7 Å². The Bertz CT molecular complexity index is 324. The first-order chi connectivity index (χ1) is 7.50. The van der Waals surface area contributed by atoms with E-state index in [4.69, 9.17) is 0 Å². The van der Waals surface area contributed by atoms with Gasteiger partial charge in [0.25, 0.3) is 0 Å². The van der Waals surface area contributed by atoms with Crippen LogP contribution >= 0.6 is 15.9 Å². The number of nitrogens with one attached hydrogen (secondary N) is 1. The molecule has 0 aliphatic rings. The maximum atomic E-state index is 11.7. The lowest BCUT2D eigenvalue weighted by Crippen LogP contribution is -2.41. The number of carbonyl (C=O) groups excluding carboxylic acids is 1. The molecule has 0 fully saturated rings. The van der Waals surface area contributed by atoms with Gasteiger partial charge in [-0.1, -0.05) is 29.8 Å². The lowest BCUT2D eigenvalue weighted by Gasteiger charge is -2.18. The third-order valence-electron chi connectivity index (χ3n) is 2.24. The highest BCUT2D eigenvalue weighted by molar-refractivity contribution is 9.10. The van der Waals surface area contributed by atoms with Crippen molar-refractivity contribution in [3.63, 3.8) is 0 Å². The summed E-state index contributed by atoms with van der Waals surface area (Å²) >= 11 is 3.38. The van der Waals surface area contributed by atoms with Crippen molar-refractivity contribution in [2.45, 2.75) is 38.2 Å². The summed E-state index contributed by atoms with van der Waals surface area (Å²) in [6, 6.07) is 1.95.